The minimum absolute atomic E-state index is 0.487. The minimum Gasteiger partial charge on any atom is -0.333 e. The maximum atomic E-state index is 10.7. The average molecular weight is 135 g/mol. The van der Waals surface area contributed by atoms with Crippen molar-refractivity contribution < 1.29 is 9.46 Å². The van der Waals surface area contributed by atoms with Crippen molar-refractivity contribution >= 4 is 7.52 Å². The van der Waals surface area contributed by atoms with E-state index in [1.165, 1.54) is 0 Å². The van der Waals surface area contributed by atoms with Crippen LogP contribution in [0.2, 0.25) is 0 Å². The first-order valence-corrected chi connectivity index (χ1v) is 4.54. The molecule has 1 aliphatic heterocycles. The molecule has 0 amide bonds. The van der Waals surface area contributed by atoms with Crippen molar-refractivity contribution in [3.05, 3.63) is 0 Å². The Bertz CT molecular complexity index is 134. The van der Waals surface area contributed by atoms with Gasteiger partial charge in [0, 0.05) is 13.1 Å². The molecule has 8 heavy (non-hydrogen) atoms. The van der Waals surface area contributed by atoms with E-state index in [2.05, 4.69) is 0 Å². The highest BCUT2D eigenvalue weighted by atomic mass is 31.2. The first-order chi connectivity index (χ1) is 3.67. The lowest BCUT2D eigenvalue weighted by molar-refractivity contribution is 0.319. The van der Waals surface area contributed by atoms with Crippen LogP contribution in [0.15, 0.2) is 0 Å². The first kappa shape index (κ1) is 6.27. The lowest BCUT2D eigenvalue weighted by atomic mass is 10.6. The summed E-state index contributed by atoms with van der Waals surface area (Å²) in [6, 6.07) is 0. The van der Waals surface area contributed by atoms with Gasteiger partial charge in [0.2, 0.25) is 0 Å². The fraction of sp³-hybridized carbons (Fsp3) is 1.00. The van der Waals surface area contributed by atoms with Crippen LogP contribution in [-0.4, -0.2) is 28.8 Å². The standard InChI is InChI=1S/C4H10NO2P/c1-2-5-3-4-8(5,6)7/h2-4H2,1H3,(H,6,7). The van der Waals surface area contributed by atoms with E-state index >= 15 is 0 Å². The maximum absolute atomic E-state index is 10.7. The van der Waals surface area contributed by atoms with Crippen molar-refractivity contribution in [2.45, 2.75) is 6.92 Å². The normalized spacial score (nSPS) is 39.2. The topological polar surface area (TPSA) is 40.5 Å². The van der Waals surface area contributed by atoms with Gasteiger partial charge in [0.1, 0.15) is 0 Å². The Balaban J connectivity index is 2.50. The van der Waals surface area contributed by atoms with Crippen molar-refractivity contribution in [2.24, 2.45) is 0 Å². The van der Waals surface area contributed by atoms with Gasteiger partial charge in [0.15, 0.2) is 0 Å². The SMILES string of the molecule is CCN1CCP1(=O)O. The molecule has 0 saturated carbocycles. The molecule has 4 heteroatoms. The number of hydrogen-bond acceptors (Lipinski definition) is 1. The van der Waals surface area contributed by atoms with Gasteiger partial charge in [-0.05, 0) is 0 Å². The zero-order valence-corrected chi connectivity index (χ0v) is 5.77. The van der Waals surface area contributed by atoms with Crippen molar-refractivity contribution in [1.29, 1.82) is 0 Å². The van der Waals surface area contributed by atoms with Gasteiger partial charge in [-0.25, -0.2) is 4.67 Å². The molecular weight excluding hydrogens is 125 g/mol. The Labute approximate surface area is 48.8 Å². The number of nitrogens with zero attached hydrogens (tertiary/aromatic N) is 1. The van der Waals surface area contributed by atoms with Crippen LogP contribution in [0.1, 0.15) is 6.92 Å². The summed E-state index contributed by atoms with van der Waals surface area (Å²) in [6.45, 7) is 3.39. The van der Waals surface area contributed by atoms with Crippen LogP contribution < -0.4 is 0 Å². The maximum Gasteiger partial charge on any atom is 0.271 e. The molecule has 1 atom stereocenters. The molecule has 1 rings (SSSR count). The van der Waals surface area contributed by atoms with E-state index in [1.807, 2.05) is 6.92 Å². The monoisotopic (exact) mass is 135 g/mol. The van der Waals surface area contributed by atoms with Crippen LogP contribution in [0.4, 0.5) is 0 Å². The highest BCUT2D eigenvalue weighted by Crippen LogP contribution is 2.52. The molecule has 0 aromatic rings. The predicted octanol–water partition coefficient (Wildman–Crippen LogP) is 0.507. The third-order valence-corrected chi connectivity index (χ3v) is 3.61. The minimum atomic E-state index is -2.74. The van der Waals surface area contributed by atoms with Crippen LogP contribution in [0, 0.1) is 0 Å². The van der Waals surface area contributed by atoms with Gasteiger partial charge in [0.05, 0.1) is 6.16 Å². The van der Waals surface area contributed by atoms with E-state index < -0.39 is 7.52 Å². The second kappa shape index (κ2) is 1.83. The molecule has 48 valence electrons. The highest BCUT2D eigenvalue weighted by molar-refractivity contribution is 7.57. The summed E-state index contributed by atoms with van der Waals surface area (Å²) in [7, 11) is -2.74. The Morgan fingerprint density at radius 1 is 1.88 bits per heavy atom. The third kappa shape index (κ3) is 0.815. The lowest BCUT2D eigenvalue weighted by Gasteiger charge is -2.34. The zero-order valence-electron chi connectivity index (χ0n) is 4.87. The fourth-order valence-corrected chi connectivity index (χ4v) is 2.06. The van der Waals surface area contributed by atoms with E-state index in [9.17, 15) is 4.57 Å². The molecule has 0 spiro atoms. The smallest absolute Gasteiger partial charge is 0.271 e. The van der Waals surface area contributed by atoms with Gasteiger partial charge in [-0.2, -0.15) is 0 Å². The summed E-state index contributed by atoms with van der Waals surface area (Å²) in [4.78, 5) is 8.85. The van der Waals surface area contributed by atoms with E-state index in [1.54, 1.807) is 4.67 Å². The summed E-state index contributed by atoms with van der Waals surface area (Å²) < 4.78 is 12.3. The van der Waals surface area contributed by atoms with Crippen LogP contribution in [-0.2, 0) is 4.57 Å². The zero-order chi connectivity index (χ0) is 6.20. The van der Waals surface area contributed by atoms with E-state index in [-0.39, 0.29) is 0 Å². The van der Waals surface area contributed by atoms with Crippen LogP contribution >= 0.6 is 7.52 Å². The molecule has 1 fully saturated rings. The van der Waals surface area contributed by atoms with E-state index in [0.29, 0.717) is 12.7 Å². The van der Waals surface area contributed by atoms with Crippen LogP contribution in [0.3, 0.4) is 0 Å². The van der Waals surface area contributed by atoms with Crippen LogP contribution in [0.5, 0.6) is 0 Å². The molecular formula is C4H10NO2P. The highest BCUT2D eigenvalue weighted by Gasteiger charge is 2.35. The lowest BCUT2D eigenvalue weighted by Crippen LogP contribution is -2.35. The third-order valence-electron chi connectivity index (χ3n) is 1.46. The van der Waals surface area contributed by atoms with Gasteiger partial charge in [-0.1, -0.05) is 6.92 Å². The van der Waals surface area contributed by atoms with Gasteiger partial charge in [-0.3, -0.25) is 4.57 Å². The molecule has 3 nitrogen and oxygen atoms in total. The fourth-order valence-electron chi connectivity index (χ4n) is 0.792. The van der Waals surface area contributed by atoms with Gasteiger partial charge < -0.3 is 4.89 Å². The van der Waals surface area contributed by atoms with Crippen molar-refractivity contribution in [1.82, 2.24) is 4.67 Å². The Morgan fingerprint density at radius 2 is 2.50 bits per heavy atom. The average Bonchev–Trinajstić information content (AvgIpc) is 1.66. The summed E-state index contributed by atoms with van der Waals surface area (Å²) in [5.74, 6) is 0. The second-order valence-electron chi connectivity index (χ2n) is 1.93. The van der Waals surface area contributed by atoms with E-state index in [0.717, 1.165) is 6.54 Å². The Morgan fingerprint density at radius 3 is 2.50 bits per heavy atom. The van der Waals surface area contributed by atoms with E-state index in [4.69, 9.17) is 4.89 Å². The second-order valence-corrected chi connectivity index (χ2v) is 4.28. The summed E-state index contributed by atoms with van der Waals surface area (Å²) in [5.41, 5.74) is 0. The molecule has 1 heterocycles. The predicted molar refractivity (Wildman–Crippen MR) is 31.9 cm³/mol. The van der Waals surface area contributed by atoms with Gasteiger partial charge >= 0.3 is 0 Å². The van der Waals surface area contributed by atoms with Crippen molar-refractivity contribution in [3.8, 4) is 0 Å². The molecule has 1 aliphatic rings. The molecule has 0 bridgehead atoms. The summed E-state index contributed by atoms with van der Waals surface area (Å²) in [6.07, 6.45) is 0.487. The summed E-state index contributed by atoms with van der Waals surface area (Å²) >= 11 is 0. The molecule has 0 aromatic heterocycles. The van der Waals surface area contributed by atoms with Crippen molar-refractivity contribution in [2.75, 3.05) is 19.3 Å². The number of rotatable bonds is 1. The Hall–Kier alpha value is 0.150. The largest absolute Gasteiger partial charge is 0.333 e. The van der Waals surface area contributed by atoms with Crippen molar-refractivity contribution in [3.63, 3.8) is 0 Å². The molecule has 1 saturated heterocycles. The molecule has 0 radical (unpaired) electrons. The molecule has 0 aromatic carbocycles. The molecule has 1 unspecified atom stereocenters. The van der Waals surface area contributed by atoms with Crippen LogP contribution in [0.25, 0.3) is 0 Å². The van der Waals surface area contributed by atoms with Gasteiger partial charge in [0.25, 0.3) is 7.52 Å². The molecule has 0 aliphatic carbocycles. The first-order valence-electron chi connectivity index (χ1n) is 2.74. The van der Waals surface area contributed by atoms with Gasteiger partial charge in [-0.15, -0.1) is 0 Å². The summed E-state index contributed by atoms with van der Waals surface area (Å²) in [5, 5.41) is 0. The Kier molecular flexibility index (Phi) is 1.44. The number of hydrogen-bond donors (Lipinski definition) is 1. The molecule has 1 N–H and O–H groups in total. The quantitative estimate of drug-likeness (QED) is 0.532.